The van der Waals surface area contributed by atoms with Gasteiger partial charge in [0.2, 0.25) is 0 Å². The van der Waals surface area contributed by atoms with Crippen LogP contribution in [0, 0.1) is 0 Å². The summed E-state index contributed by atoms with van der Waals surface area (Å²) in [6.45, 7) is 2.74. The molecule has 0 aliphatic heterocycles. The normalized spacial score (nSPS) is 12.0. The molecule has 1 N–H and O–H groups in total. The van der Waals surface area contributed by atoms with E-state index in [0.29, 0.717) is 12.1 Å². The second-order valence-corrected chi connectivity index (χ2v) is 5.60. The van der Waals surface area contributed by atoms with E-state index in [1.807, 2.05) is 18.2 Å². The van der Waals surface area contributed by atoms with E-state index in [1.165, 1.54) is 18.9 Å². The molecule has 1 heterocycles. The number of carbonyl (C=O) groups excluding carboxylic acids is 1. The van der Waals surface area contributed by atoms with Gasteiger partial charge >= 0.3 is 5.97 Å². The van der Waals surface area contributed by atoms with Crippen LogP contribution in [0.4, 0.5) is 0 Å². The molecular formula is C16H17BrN2O2. The van der Waals surface area contributed by atoms with Crippen molar-refractivity contribution >= 4 is 21.9 Å². The van der Waals surface area contributed by atoms with E-state index >= 15 is 0 Å². The minimum Gasteiger partial charge on any atom is -0.465 e. The topological polar surface area (TPSA) is 51.2 Å². The molecule has 2 aromatic rings. The number of esters is 1. The average molecular weight is 349 g/mol. The molecule has 0 saturated heterocycles. The van der Waals surface area contributed by atoms with Gasteiger partial charge in [-0.25, -0.2) is 4.79 Å². The van der Waals surface area contributed by atoms with E-state index < -0.39 is 0 Å². The van der Waals surface area contributed by atoms with Gasteiger partial charge in [-0.3, -0.25) is 4.98 Å². The Bertz CT molecular complexity index is 597. The van der Waals surface area contributed by atoms with Crippen molar-refractivity contribution in [1.82, 2.24) is 10.3 Å². The van der Waals surface area contributed by atoms with Crippen molar-refractivity contribution in [2.75, 3.05) is 7.11 Å². The number of hydrogen-bond acceptors (Lipinski definition) is 4. The number of benzene rings is 1. The Morgan fingerprint density at radius 3 is 2.57 bits per heavy atom. The Hall–Kier alpha value is -1.72. The summed E-state index contributed by atoms with van der Waals surface area (Å²) >= 11 is 3.43. The van der Waals surface area contributed by atoms with Crippen molar-refractivity contribution in [2.45, 2.75) is 19.5 Å². The van der Waals surface area contributed by atoms with Gasteiger partial charge in [-0.05, 0) is 36.8 Å². The molecule has 0 radical (unpaired) electrons. The smallest absolute Gasteiger partial charge is 0.339 e. The fourth-order valence-electron chi connectivity index (χ4n) is 1.89. The number of pyridine rings is 1. The molecule has 1 unspecified atom stereocenters. The van der Waals surface area contributed by atoms with E-state index in [9.17, 15) is 4.79 Å². The van der Waals surface area contributed by atoms with Crippen LogP contribution in [0.3, 0.4) is 0 Å². The SMILES string of the molecule is COC(=O)c1ccc(CNC(C)c2ccc(Br)cc2)nc1. The molecule has 0 amide bonds. The van der Waals surface area contributed by atoms with Gasteiger partial charge in [-0.15, -0.1) is 0 Å². The van der Waals surface area contributed by atoms with Crippen LogP contribution in [0.2, 0.25) is 0 Å². The zero-order chi connectivity index (χ0) is 15.2. The molecule has 0 bridgehead atoms. The first-order chi connectivity index (χ1) is 10.1. The minimum atomic E-state index is -0.370. The van der Waals surface area contributed by atoms with E-state index in [4.69, 9.17) is 0 Å². The molecule has 110 valence electrons. The van der Waals surface area contributed by atoms with Crippen molar-refractivity contribution in [3.8, 4) is 0 Å². The van der Waals surface area contributed by atoms with Gasteiger partial charge in [0.05, 0.1) is 18.4 Å². The number of rotatable bonds is 5. The van der Waals surface area contributed by atoms with Crippen molar-refractivity contribution in [2.24, 2.45) is 0 Å². The molecule has 0 saturated carbocycles. The summed E-state index contributed by atoms with van der Waals surface area (Å²) in [5.74, 6) is -0.370. The molecule has 21 heavy (non-hydrogen) atoms. The maximum Gasteiger partial charge on any atom is 0.339 e. The standard InChI is InChI=1S/C16H17BrN2O2/c1-11(12-3-6-14(17)7-4-12)18-10-15-8-5-13(9-19-15)16(20)21-2/h3-9,11,18H,10H2,1-2H3. The monoisotopic (exact) mass is 348 g/mol. The molecule has 0 spiro atoms. The van der Waals surface area contributed by atoms with Gasteiger partial charge in [0.15, 0.2) is 0 Å². The fourth-order valence-corrected chi connectivity index (χ4v) is 2.16. The predicted molar refractivity (Wildman–Crippen MR) is 85.0 cm³/mol. The van der Waals surface area contributed by atoms with Crippen LogP contribution in [-0.4, -0.2) is 18.1 Å². The first-order valence-electron chi connectivity index (χ1n) is 6.62. The number of nitrogens with zero attached hydrogens (tertiary/aromatic N) is 1. The maximum absolute atomic E-state index is 11.3. The highest BCUT2D eigenvalue weighted by molar-refractivity contribution is 9.10. The molecule has 1 atom stereocenters. The van der Waals surface area contributed by atoms with E-state index in [2.05, 4.69) is 50.0 Å². The molecule has 1 aromatic carbocycles. The summed E-state index contributed by atoms with van der Waals surface area (Å²) in [6.07, 6.45) is 1.53. The highest BCUT2D eigenvalue weighted by Crippen LogP contribution is 2.16. The quantitative estimate of drug-likeness (QED) is 0.840. The van der Waals surface area contributed by atoms with Crippen molar-refractivity contribution in [3.63, 3.8) is 0 Å². The number of aromatic nitrogens is 1. The van der Waals surface area contributed by atoms with Crippen molar-refractivity contribution in [3.05, 3.63) is 63.9 Å². The van der Waals surface area contributed by atoms with Gasteiger partial charge in [-0.2, -0.15) is 0 Å². The fraction of sp³-hybridized carbons (Fsp3) is 0.250. The average Bonchev–Trinajstić information content (AvgIpc) is 2.53. The number of halogens is 1. The van der Waals surface area contributed by atoms with E-state index in [-0.39, 0.29) is 12.0 Å². The van der Waals surface area contributed by atoms with E-state index in [0.717, 1.165) is 10.2 Å². The summed E-state index contributed by atoms with van der Waals surface area (Å²) < 4.78 is 5.71. The molecule has 0 aliphatic rings. The van der Waals surface area contributed by atoms with Crippen LogP contribution in [0.25, 0.3) is 0 Å². The van der Waals surface area contributed by atoms with Crippen LogP contribution in [-0.2, 0) is 11.3 Å². The highest BCUT2D eigenvalue weighted by Gasteiger charge is 2.07. The van der Waals surface area contributed by atoms with Crippen molar-refractivity contribution < 1.29 is 9.53 Å². The summed E-state index contributed by atoms with van der Waals surface area (Å²) in [4.78, 5) is 15.6. The summed E-state index contributed by atoms with van der Waals surface area (Å²) in [5, 5.41) is 3.40. The molecule has 0 fully saturated rings. The van der Waals surface area contributed by atoms with Crippen LogP contribution in [0.5, 0.6) is 0 Å². The lowest BCUT2D eigenvalue weighted by molar-refractivity contribution is 0.0600. The maximum atomic E-state index is 11.3. The third kappa shape index (κ3) is 4.37. The van der Waals surface area contributed by atoms with Crippen LogP contribution in [0.15, 0.2) is 47.1 Å². The van der Waals surface area contributed by atoms with E-state index in [1.54, 1.807) is 6.07 Å². The first-order valence-corrected chi connectivity index (χ1v) is 7.41. The second-order valence-electron chi connectivity index (χ2n) is 4.68. The third-order valence-corrected chi connectivity index (χ3v) is 3.73. The minimum absolute atomic E-state index is 0.222. The Labute approximate surface area is 132 Å². The number of carbonyl (C=O) groups is 1. The Kier molecular flexibility index (Phi) is 5.47. The number of methoxy groups -OCH3 is 1. The van der Waals surface area contributed by atoms with Crippen LogP contribution < -0.4 is 5.32 Å². The van der Waals surface area contributed by atoms with Gasteiger partial charge in [0, 0.05) is 23.3 Å². The Morgan fingerprint density at radius 2 is 2.00 bits per heavy atom. The summed E-state index contributed by atoms with van der Waals surface area (Å²) in [6, 6.07) is 12.0. The first kappa shape index (κ1) is 15.7. The highest BCUT2D eigenvalue weighted by atomic mass is 79.9. The molecule has 1 aromatic heterocycles. The number of nitrogens with one attached hydrogen (secondary N) is 1. The Balaban J connectivity index is 1.93. The van der Waals surface area contributed by atoms with Gasteiger partial charge in [0.1, 0.15) is 0 Å². The Morgan fingerprint density at radius 1 is 1.29 bits per heavy atom. The summed E-state index contributed by atoms with van der Waals surface area (Å²) in [5.41, 5.74) is 2.55. The van der Waals surface area contributed by atoms with Gasteiger partial charge in [0.25, 0.3) is 0 Å². The van der Waals surface area contributed by atoms with Crippen molar-refractivity contribution in [1.29, 1.82) is 0 Å². The number of hydrogen-bond donors (Lipinski definition) is 1. The largest absolute Gasteiger partial charge is 0.465 e. The molecule has 4 nitrogen and oxygen atoms in total. The van der Waals surface area contributed by atoms with Crippen LogP contribution in [0.1, 0.15) is 34.6 Å². The molecular weight excluding hydrogens is 332 g/mol. The lowest BCUT2D eigenvalue weighted by Crippen LogP contribution is -2.18. The summed E-state index contributed by atoms with van der Waals surface area (Å²) in [7, 11) is 1.36. The molecule has 5 heteroatoms. The lowest BCUT2D eigenvalue weighted by Gasteiger charge is -2.14. The van der Waals surface area contributed by atoms with Gasteiger partial charge in [-0.1, -0.05) is 28.1 Å². The number of ether oxygens (including phenoxy) is 1. The predicted octanol–water partition coefficient (Wildman–Crippen LogP) is 3.48. The zero-order valence-electron chi connectivity index (χ0n) is 12.0. The lowest BCUT2D eigenvalue weighted by atomic mass is 10.1. The van der Waals surface area contributed by atoms with Gasteiger partial charge < -0.3 is 10.1 Å². The zero-order valence-corrected chi connectivity index (χ0v) is 13.6. The molecule has 2 rings (SSSR count). The van der Waals surface area contributed by atoms with Crippen LogP contribution >= 0.6 is 15.9 Å². The third-order valence-electron chi connectivity index (χ3n) is 3.21. The second kappa shape index (κ2) is 7.33. The molecule has 0 aliphatic carbocycles.